The fraction of sp³-hybridized carbons (Fsp3) is 0.800. The van der Waals surface area contributed by atoms with Crippen molar-refractivity contribution in [3.8, 4) is 0 Å². The molecule has 1 N–H and O–H groups in total. The van der Waals surface area contributed by atoms with Crippen molar-refractivity contribution in [1.82, 2.24) is 4.90 Å². The van der Waals surface area contributed by atoms with Gasteiger partial charge in [0.15, 0.2) is 0 Å². The van der Waals surface area contributed by atoms with E-state index >= 15 is 0 Å². The molecule has 0 spiro atoms. The van der Waals surface area contributed by atoms with Crippen molar-refractivity contribution in [3.05, 3.63) is 0 Å². The first kappa shape index (κ1) is 16.3. The lowest BCUT2D eigenvalue weighted by atomic mass is 10.3. The van der Waals surface area contributed by atoms with Crippen LogP contribution in [-0.2, 0) is 9.53 Å². The molecule has 0 aromatic carbocycles. The standard InChI is InChI=1S/C10H21NO4SSi/c1-11(8(7-16)9(12)13)10(14)15-5-6-17(2,3)4/h8,16H,5-7H2,1-4H3,(H,12,13)/t8-/m0/s1. The molecule has 100 valence electrons. The summed E-state index contributed by atoms with van der Waals surface area (Å²) in [4.78, 5) is 23.4. The Kier molecular flexibility index (Phi) is 6.62. The van der Waals surface area contributed by atoms with Gasteiger partial charge in [-0.05, 0) is 6.04 Å². The van der Waals surface area contributed by atoms with E-state index in [0.29, 0.717) is 6.61 Å². The van der Waals surface area contributed by atoms with Crippen LogP contribution in [0.3, 0.4) is 0 Å². The van der Waals surface area contributed by atoms with Crippen LogP contribution in [0.4, 0.5) is 4.79 Å². The van der Waals surface area contributed by atoms with Gasteiger partial charge in [-0.1, -0.05) is 19.6 Å². The van der Waals surface area contributed by atoms with E-state index in [1.165, 1.54) is 7.05 Å². The number of thiol groups is 1. The number of amides is 1. The van der Waals surface area contributed by atoms with Gasteiger partial charge in [0.25, 0.3) is 0 Å². The molecule has 17 heavy (non-hydrogen) atoms. The number of carboxylic acid groups (broad SMARTS) is 1. The Morgan fingerprint density at radius 2 is 1.94 bits per heavy atom. The summed E-state index contributed by atoms with van der Waals surface area (Å²) in [5.41, 5.74) is 0. The van der Waals surface area contributed by atoms with Gasteiger partial charge in [-0.25, -0.2) is 9.59 Å². The van der Waals surface area contributed by atoms with Crippen molar-refractivity contribution >= 4 is 32.8 Å². The average molecular weight is 279 g/mol. The van der Waals surface area contributed by atoms with Crippen molar-refractivity contribution in [3.63, 3.8) is 0 Å². The molecule has 1 amide bonds. The maximum Gasteiger partial charge on any atom is 0.410 e. The van der Waals surface area contributed by atoms with Crippen LogP contribution in [0.1, 0.15) is 0 Å². The lowest BCUT2D eigenvalue weighted by Crippen LogP contribution is -2.44. The molecule has 0 bridgehead atoms. The first-order valence-electron chi connectivity index (χ1n) is 5.42. The van der Waals surface area contributed by atoms with E-state index in [4.69, 9.17) is 9.84 Å². The summed E-state index contributed by atoms with van der Waals surface area (Å²) >= 11 is 3.90. The van der Waals surface area contributed by atoms with Gasteiger partial charge in [0.2, 0.25) is 0 Å². The largest absolute Gasteiger partial charge is 0.480 e. The third-order valence-electron chi connectivity index (χ3n) is 2.29. The van der Waals surface area contributed by atoms with Crippen LogP contribution in [-0.4, -0.2) is 55.6 Å². The maximum atomic E-state index is 11.6. The minimum absolute atomic E-state index is 0.0644. The highest BCUT2D eigenvalue weighted by Crippen LogP contribution is 2.09. The van der Waals surface area contributed by atoms with Crippen LogP contribution in [0.2, 0.25) is 25.7 Å². The molecule has 0 aliphatic rings. The molecule has 0 unspecified atom stereocenters. The molecule has 0 saturated heterocycles. The van der Waals surface area contributed by atoms with E-state index in [2.05, 4.69) is 32.3 Å². The second kappa shape index (κ2) is 6.90. The van der Waals surface area contributed by atoms with Crippen LogP contribution in [0.25, 0.3) is 0 Å². The summed E-state index contributed by atoms with van der Waals surface area (Å²) in [5, 5.41) is 8.86. The topological polar surface area (TPSA) is 66.8 Å². The summed E-state index contributed by atoms with van der Waals surface area (Å²) in [6.07, 6.45) is -0.607. The van der Waals surface area contributed by atoms with Gasteiger partial charge in [0.05, 0.1) is 6.61 Å². The van der Waals surface area contributed by atoms with Gasteiger partial charge in [-0.15, -0.1) is 0 Å². The zero-order chi connectivity index (χ0) is 13.6. The molecule has 0 aromatic heterocycles. The molecule has 7 heteroatoms. The summed E-state index contributed by atoms with van der Waals surface area (Å²) < 4.78 is 5.04. The molecule has 0 heterocycles. The molecule has 0 aliphatic carbocycles. The quantitative estimate of drug-likeness (QED) is 0.574. The van der Waals surface area contributed by atoms with Gasteiger partial charge in [0.1, 0.15) is 6.04 Å². The molecular weight excluding hydrogens is 258 g/mol. The number of likely N-dealkylation sites (N-methyl/N-ethyl adjacent to an activating group) is 1. The Morgan fingerprint density at radius 3 is 2.29 bits per heavy atom. The molecule has 0 radical (unpaired) electrons. The Labute approximate surface area is 109 Å². The van der Waals surface area contributed by atoms with Crippen LogP contribution < -0.4 is 0 Å². The first-order valence-corrected chi connectivity index (χ1v) is 9.76. The number of carboxylic acids is 1. The minimum atomic E-state index is -1.24. The normalized spacial score (nSPS) is 13.0. The van der Waals surface area contributed by atoms with Crippen molar-refractivity contribution in [2.24, 2.45) is 0 Å². The van der Waals surface area contributed by atoms with E-state index < -0.39 is 26.2 Å². The number of aliphatic carboxylic acids is 1. The van der Waals surface area contributed by atoms with Gasteiger partial charge >= 0.3 is 12.1 Å². The average Bonchev–Trinajstić information content (AvgIpc) is 2.15. The molecule has 1 atom stereocenters. The van der Waals surface area contributed by atoms with E-state index in [9.17, 15) is 9.59 Å². The third-order valence-corrected chi connectivity index (χ3v) is 4.34. The van der Waals surface area contributed by atoms with E-state index in [-0.39, 0.29) is 5.75 Å². The monoisotopic (exact) mass is 279 g/mol. The van der Waals surface area contributed by atoms with Gasteiger partial charge < -0.3 is 9.84 Å². The van der Waals surface area contributed by atoms with E-state index in [1.54, 1.807) is 0 Å². The van der Waals surface area contributed by atoms with E-state index in [1.807, 2.05) is 0 Å². The Hall–Kier alpha value is -0.693. The first-order chi connectivity index (χ1) is 7.69. The van der Waals surface area contributed by atoms with E-state index in [0.717, 1.165) is 10.9 Å². The number of carbonyl (C=O) groups is 2. The van der Waals surface area contributed by atoms with Crippen molar-refractivity contribution < 1.29 is 19.4 Å². The predicted molar refractivity (Wildman–Crippen MR) is 72.5 cm³/mol. The number of hydrogen-bond acceptors (Lipinski definition) is 4. The fourth-order valence-electron chi connectivity index (χ4n) is 1.04. The second-order valence-corrected chi connectivity index (χ2v) is 11.1. The molecule has 0 aromatic rings. The zero-order valence-corrected chi connectivity index (χ0v) is 12.7. The Balaban J connectivity index is 4.18. The van der Waals surface area contributed by atoms with Crippen molar-refractivity contribution in [2.75, 3.05) is 19.4 Å². The summed E-state index contributed by atoms with van der Waals surface area (Å²) in [6.45, 7) is 6.88. The molecule has 0 rings (SSSR count). The highest BCUT2D eigenvalue weighted by molar-refractivity contribution is 7.80. The Bertz CT molecular complexity index is 280. The van der Waals surface area contributed by atoms with Crippen LogP contribution in [0.5, 0.6) is 0 Å². The number of carbonyl (C=O) groups excluding carboxylic acids is 1. The van der Waals surface area contributed by atoms with Crippen LogP contribution >= 0.6 is 12.6 Å². The molecule has 0 fully saturated rings. The third kappa shape index (κ3) is 6.57. The molecule has 0 aliphatic heterocycles. The second-order valence-electron chi connectivity index (χ2n) is 5.07. The minimum Gasteiger partial charge on any atom is -0.480 e. The highest BCUT2D eigenvalue weighted by atomic mass is 32.1. The maximum absolute atomic E-state index is 11.6. The number of hydrogen-bond donors (Lipinski definition) is 2. The van der Waals surface area contributed by atoms with Gasteiger partial charge in [-0.2, -0.15) is 12.6 Å². The number of rotatable bonds is 6. The fourth-order valence-corrected chi connectivity index (χ4v) is 2.16. The lowest BCUT2D eigenvalue weighted by molar-refractivity contribution is -0.141. The summed E-state index contributed by atoms with van der Waals surface area (Å²) in [5.74, 6) is -1.01. The van der Waals surface area contributed by atoms with Crippen molar-refractivity contribution in [1.29, 1.82) is 0 Å². The molecule has 5 nitrogen and oxygen atoms in total. The lowest BCUT2D eigenvalue weighted by Gasteiger charge is -2.23. The Morgan fingerprint density at radius 1 is 1.41 bits per heavy atom. The molecular formula is C10H21NO4SSi. The van der Waals surface area contributed by atoms with Crippen LogP contribution in [0.15, 0.2) is 0 Å². The SMILES string of the molecule is CN(C(=O)OCC[Si](C)(C)C)[C@@H](CS)C(=O)O. The zero-order valence-electron chi connectivity index (χ0n) is 10.8. The van der Waals surface area contributed by atoms with Crippen molar-refractivity contribution in [2.45, 2.75) is 31.7 Å². The molecule has 0 saturated carbocycles. The number of ether oxygens (including phenoxy) is 1. The number of nitrogens with zero attached hydrogens (tertiary/aromatic N) is 1. The summed E-state index contributed by atoms with van der Waals surface area (Å²) in [6, 6.07) is -0.0803. The smallest absolute Gasteiger partial charge is 0.410 e. The van der Waals surface area contributed by atoms with Gasteiger partial charge in [0, 0.05) is 20.9 Å². The predicted octanol–water partition coefficient (Wildman–Crippen LogP) is 1.78. The van der Waals surface area contributed by atoms with Crippen LogP contribution in [0, 0.1) is 0 Å². The van der Waals surface area contributed by atoms with Gasteiger partial charge in [-0.3, -0.25) is 4.90 Å². The highest BCUT2D eigenvalue weighted by Gasteiger charge is 2.26. The summed E-state index contributed by atoms with van der Waals surface area (Å²) in [7, 11) is 0.165.